The van der Waals surface area contributed by atoms with Gasteiger partial charge in [-0.15, -0.1) is 0 Å². The molecular weight excluding hydrogens is 222 g/mol. The number of hydrogen-bond acceptors (Lipinski definition) is 2. The molecule has 0 spiro atoms. The van der Waals surface area contributed by atoms with Crippen LogP contribution >= 0.6 is 0 Å². The molecule has 2 nitrogen and oxygen atoms in total. The van der Waals surface area contributed by atoms with E-state index in [1.807, 2.05) is 12.1 Å². The first-order valence-electron chi connectivity index (χ1n) is 6.59. The first-order chi connectivity index (χ1) is 8.77. The van der Waals surface area contributed by atoms with Crippen molar-refractivity contribution in [2.45, 2.75) is 32.2 Å². The minimum absolute atomic E-state index is 0.281. The Labute approximate surface area is 109 Å². The van der Waals surface area contributed by atoms with E-state index in [-0.39, 0.29) is 6.04 Å². The van der Waals surface area contributed by atoms with Crippen LogP contribution in [0.5, 0.6) is 0 Å². The third kappa shape index (κ3) is 3.47. The van der Waals surface area contributed by atoms with Crippen molar-refractivity contribution in [1.82, 2.24) is 5.32 Å². The molecule has 0 aliphatic rings. The summed E-state index contributed by atoms with van der Waals surface area (Å²) in [4.78, 5) is 0. The molecule has 0 aliphatic heterocycles. The van der Waals surface area contributed by atoms with Crippen molar-refractivity contribution in [3.05, 3.63) is 60.1 Å². The molecule has 0 bridgehead atoms. The molecule has 96 valence electrons. The molecule has 2 heteroatoms. The highest BCUT2D eigenvalue weighted by molar-refractivity contribution is 5.18. The van der Waals surface area contributed by atoms with E-state index in [1.165, 1.54) is 5.56 Å². The smallest absolute Gasteiger partial charge is 0.120 e. The highest BCUT2D eigenvalue weighted by Gasteiger charge is 2.09. The van der Waals surface area contributed by atoms with Crippen LogP contribution in [0.3, 0.4) is 0 Å². The van der Waals surface area contributed by atoms with Gasteiger partial charge in [-0.1, -0.05) is 37.3 Å². The van der Waals surface area contributed by atoms with Crippen molar-refractivity contribution in [1.29, 1.82) is 0 Å². The number of furan rings is 1. The minimum atomic E-state index is 0.281. The van der Waals surface area contributed by atoms with E-state index in [4.69, 9.17) is 4.42 Å². The predicted octanol–water partition coefficient (Wildman–Crippen LogP) is 4.12. The fourth-order valence-corrected chi connectivity index (χ4v) is 2.10. The van der Waals surface area contributed by atoms with E-state index >= 15 is 0 Å². The minimum Gasteiger partial charge on any atom is -0.468 e. The van der Waals surface area contributed by atoms with Crippen molar-refractivity contribution in [3.63, 3.8) is 0 Å². The zero-order chi connectivity index (χ0) is 12.8. The van der Waals surface area contributed by atoms with Crippen LogP contribution in [0.2, 0.25) is 0 Å². The molecule has 1 heterocycles. The van der Waals surface area contributed by atoms with Gasteiger partial charge in [0.2, 0.25) is 0 Å². The summed E-state index contributed by atoms with van der Waals surface area (Å²) in [6, 6.07) is 14.9. The van der Waals surface area contributed by atoms with Crippen LogP contribution in [-0.2, 0) is 0 Å². The van der Waals surface area contributed by atoms with Gasteiger partial charge < -0.3 is 9.73 Å². The Morgan fingerprint density at radius 2 is 1.83 bits per heavy atom. The van der Waals surface area contributed by atoms with E-state index in [2.05, 4.69) is 49.5 Å². The van der Waals surface area contributed by atoms with Crippen LogP contribution in [0.25, 0.3) is 0 Å². The largest absolute Gasteiger partial charge is 0.468 e. The normalized spacial score (nSPS) is 14.3. The Balaban J connectivity index is 1.76. The first-order valence-corrected chi connectivity index (χ1v) is 6.59. The second-order valence-corrected chi connectivity index (χ2v) is 4.79. The summed E-state index contributed by atoms with van der Waals surface area (Å²) < 4.78 is 5.37. The fourth-order valence-electron chi connectivity index (χ4n) is 2.10. The Bertz CT molecular complexity index is 435. The summed E-state index contributed by atoms with van der Waals surface area (Å²) in [5.41, 5.74) is 1.41. The van der Waals surface area contributed by atoms with Gasteiger partial charge in [0.05, 0.1) is 12.3 Å². The quantitative estimate of drug-likeness (QED) is 0.825. The molecule has 0 saturated carbocycles. The summed E-state index contributed by atoms with van der Waals surface area (Å²) in [6.07, 6.45) is 2.86. The highest BCUT2D eigenvalue weighted by Crippen LogP contribution is 2.18. The number of rotatable bonds is 6. The van der Waals surface area contributed by atoms with Gasteiger partial charge in [0, 0.05) is 0 Å². The molecule has 1 N–H and O–H groups in total. The standard InChI is InChI=1S/C16H21NO/c1-13(15-7-4-3-5-8-15)10-11-17-14(2)16-9-6-12-18-16/h3-9,12-14,17H,10-11H2,1-2H3. The summed E-state index contributed by atoms with van der Waals surface area (Å²) in [5, 5.41) is 3.49. The lowest BCUT2D eigenvalue weighted by Crippen LogP contribution is -2.20. The zero-order valence-corrected chi connectivity index (χ0v) is 11.1. The van der Waals surface area contributed by atoms with Gasteiger partial charge in [0.25, 0.3) is 0 Å². The number of nitrogens with one attached hydrogen (secondary N) is 1. The van der Waals surface area contributed by atoms with Crippen LogP contribution in [0, 0.1) is 0 Å². The van der Waals surface area contributed by atoms with Crippen molar-refractivity contribution in [2.75, 3.05) is 6.54 Å². The third-order valence-electron chi connectivity index (χ3n) is 3.37. The molecule has 2 rings (SSSR count). The lowest BCUT2D eigenvalue weighted by atomic mass is 9.98. The van der Waals surface area contributed by atoms with E-state index < -0.39 is 0 Å². The van der Waals surface area contributed by atoms with Crippen LogP contribution in [-0.4, -0.2) is 6.54 Å². The van der Waals surface area contributed by atoms with Crippen LogP contribution in [0.15, 0.2) is 53.1 Å². The Morgan fingerprint density at radius 3 is 2.50 bits per heavy atom. The van der Waals surface area contributed by atoms with Gasteiger partial charge in [-0.25, -0.2) is 0 Å². The average Bonchev–Trinajstić information content (AvgIpc) is 2.93. The molecule has 1 aromatic heterocycles. The van der Waals surface area contributed by atoms with Gasteiger partial charge in [0.15, 0.2) is 0 Å². The van der Waals surface area contributed by atoms with Crippen molar-refractivity contribution < 1.29 is 4.42 Å². The third-order valence-corrected chi connectivity index (χ3v) is 3.37. The van der Waals surface area contributed by atoms with Gasteiger partial charge >= 0.3 is 0 Å². The van der Waals surface area contributed by atoms with Crippen molar-refractivity contribution in [2.24, 2.45) is 0 Å². The molecule has 2 unspecified atom stereocenters. The Kier molecular flexibility index (Phi) is 4.59. The maximum Gasteiger partial charge on any atom is 0.120 e. The number of benzene rings is 1. The van der Waals surface area contributed by atoms with Gasteiger partial charge in [-0.2, -0.15) is 0 Å². The van der Waals surface area contributed by atoms with Gasteiger partial charge in [-0.05, 0) is 43.5 Å². The molecule has 0 saturated heterocycles. The van der Waals surface area contributed by atoms with Gasteiger partial charge in [-0.3, -0.25) is 0 Å². The molecule has 2 atom stereocenters. The zero-order valence-electron chi connectivity index (χ0n) is 11.1. The topological polar surface area (TPSA) is 25.2 Å². The maximum atomic E-state index is 5.37. The molecule has 0 amide bonds. The second-order valence-electron chi connectivity index (χ2n) is 4.79. The maximum absolute atomic E-state index is 5.37. The van der Waals surface area contributed by atoms with Crippen molar-refractivity contribution in [3.8, 4) is 0 Å². The lowest BCUT2D eigenvalue weighted by Gasteiger charge is -2.15. The van der Waals surface area contributed by atoms with Crippen molar-refractivity contribution >= 4 is 0 Å². The SMILES string of the molecule is CC(CCNC(C)c1ccco1)c1ccccc1. The molecule has 2 aromatic rings. The number of hydrogen-bond donors (Lipinski definition) is 1. The Morgan fingerprint density at radius 1 is 1.06 bits per heavy atom. The lowest BCUT2D eigenvalue weighted by molar-refractivity contribution is 0.424. The second kappa shape index (κ2) is 6.41. The van der Waals surface area contributed by atoms with E-state index in [9.17, 15) is 0 Å². The summed E-state index contributed by atoms with van der Waals surface area (Å²) in [5.74, 6) is 1.59. The van der Waals surface area contributed by atoms with E-state index in [0.29, 0.717) is 5.92 Å². The highest BCUT2D eigenvalue weighted by atomic mass is 16.3. The molecule has 0 aliphatic carbocycles. The summed E-state index contributed by atoms with van der Waals surface area (Å²) in [7, 11) is 0. The van der Waals surface area contributed by atoms with Crippen LogP contribution in [0.1, 0.15) is 43.6 Å². The molecular formula is C16H21NO. The summed E-state index contributed by atoms with van der Waals surface area (Å²) in [6.45, 7) is 5.40. The molecule has 0 radical (unpaired) electrons. The summed E-state index contributed by atoms with van der Waals surface area (Å²) >= 11 is 0. The predicted molar refractivity (Wildman–Crippen MR) is 74.6 cm³/mol. The monoisotopic (exact) mass is 243 g/mol. The molecule has 18 heavy (non-hydrogen) atoms. The Hall–Kier alpha value is -1.54. The first kappa shape index (κ1) is 12.9. The molecule has 0 fully saturated rings. The van der Waals surface area contributed by atoms with Gasteiger partial charge in [0.1, 0.15) is 5.76 Å². The van der Waals surface area contributed by atoms with Crippen LogP contribution in [0.4, 0.5) is 0 Å². The average molecular weight is 243 g/mol. The molecule has 1 aromatic carbocycles. The van der Waals surface area contributed by atoms with Crippen LogP contribution < -0.4 is 5.32 Å². The fraction of sp³-hybridized carbons (Fsp3) is 0.375. The van der Waals surface area contributed by atoms with E-state index in [0.717, 1.165) is 18.7 Å². The van der Waals surface area contributed by atoms with E-state index in [1.54, 1.807) is 6.26 Å².